The van der Waals surface area contributed by atoms with Gasteiger partial charge >= 0.3 is 5.97 Å². The Bertz CT molecular complexity index is 699. The van der Waals surface area contributed by atoms with E-state index in [1.54, 1.807) is 17.0 Å². The Balaban J connectivity index is 1.82. The number of halogens is 1. The lowest BCUT2D eigenvalue weighted by atomic mass is 10.0. The van der Waals surface area contributed by atoms with Crippen LogP contribution >= 0.6 is 22.9 Å². The number of hydrogen-bond donors (Lipinski definition) is 0. The second-order valence-corrected chi connectivity index (χ2v) is 6.15. The van der Waals surface area contributed by atoms with Gasteiger partial charge in [-0.1, -0.05) is 6.07 Å². The summed E-state index contributed by atoms with van der Waals surface area (Å²) in [5.74, 6) is -0.00288. The van der Waals surface area contributed by atoms with Crippen LogP contribution in [0.4, 0.5) is 5.69 Å². The molecular weight excluding hydrogens is 322 g/mol. The predicted octanol–water partition coefficient (Wildman–Crippen LogP) is 3.49. The molecule has 114 valence electrons. The Labute approximate surface area is 137 Å². The number of aryl methyl sites for hydroxylation is 1. The van der Waals surface area contributed by atoms with E-state index in [-0.39, 0.29) is 17.8 Å². The highest BCUT2D eigenvalue weighted by Crippen LogP contribution is 2.31. The van der Waals surface area contributed by atoms with Crippen LogP contribution in [0, 0.1) is 0 Å². The lowest BCUT2D eigenvalue weighted by Crippen LogP contribution is -2.36. The monoisotopic (exact) mass is 335 g/mol. The number of hydrogen-bond acceptors (Lipinski definition) is 4. The molecule has 0 unspecified atom stereocenters. The minimum atomic E-state index is -0.362. The minimum Gasteiger partial charge on any atom is -0.422 e. The standard InChI is InChI=1S/C16H14ClNO3S/c17-10-15(19)18-7-1-3-11-9-12(5-6-13(11)18)21-16(20)14-4-2-8-22-14/h2,4-6,8-9H,1,3,7,10H2. The van der Waals surface area contributed by atoms with E-state index in [0.717, 1.165) is 24.1 Å². The third-order valence-electron chi connectivity index (χ3n) is 3.52. The zero-order valence-corrected chi connectivity index (χ0v) is 13.3. The molecule has 0 atom stereocenters. The van der Waals surface area contributed by atoms with Crippen LogP contribution in [0.3, 0.4) is 0 Å². The maximum Gasteiger partial charge on any atom is 0.353 e. The summed E-state index contributed by atoms with van der Waals surface area (Å²) in [6.07, 6.45) is 1.73. The van der Waals surface area contributed by atoms with E-state index in [4.69, 9.17) is 16.3 Å². The molecule has 22 heavy (non-hydrogen) atoms. The highest BCUT2D eigenvalue weighted by atomic mass is 35.5. The van der Waals surface area contributed by atoms with Gasteiger partial charge in [-0.05, 0) is 48.1 Å². The van der Waals surface area contributed by atoms with Crippen molar-refractivity contribution >= 4 is 40.5 Å². The zero-order chi connectivity index (χ0) is 15.5. The van der Waals surface area contributed by atoms with E-state index in [0.29, 0.717) is 17.2 Å². The van der Waals surface area contributed by atoms with Gasteiger partial charge in [-0.15, -0.1) is 22.9 Å². The Kier molecular flexibility index (Phi) is 4.45. The van der Waals surface area contributed by atoms with Crippen molar-refractivity contribution in [3.8, 4) is 5.75 Å². The minimum absolute atomic E-state index is 0.0332. The van der Waals surface area contributed by atoms with Crippen LogP contribution in [0.15, 0.2) is 35.7 Å². The first-order valence-corrected chi connectivity index (χ1v) is 8.35. The first-order valence-electron chi connectivity index (χ1n) is 6.94. The molecule has 1 aliphatic rings. The lowest BCUT2D eigenvalue weighted by molar-refractivity contribution is -0.116. The SMILES string of the molecule is O=C(Oc1ccc2c(c1)CCCN2C(=O)CCl)c1cccs1. The van der Waals surface area contributed by atoms with Crippen LogP contribution in [-0.2, 0) is 11.2 Å². The number of fused-ring (bicyclic) bond motifs is 1. The quantitative estimate of drug-likeness (QED) is 0.490. The normalized spacial score (nSPS) is 13.6. The number of rotatable bonds is 3. The maximum atomic E-state index is 12.0. The third-order valence-corrected chi connectivity index (χ3v) is 4.60. The Morgan fingerprint density at radius 2 is 2.18 bits per heavy atom. The first-order chi connectivity index (χ1) is 10.7. The van der Waals surface area contributed by atoms with Crippen molar-refractivity contribution in [2.45, 2.75) is 12.8 Å². The van der Waals surface area contributed by atoms with Crippen molar-refractivity contribution in [1.82, 2.24) is 0 Å². The molecule has 0 saturated carbocycles. The number of benzene rings is 1. The van der Waals surface area contributed by atoms with Gasteiger partial charge in [0.1, 0.15) is 16.5 Å². The average Bonchev–Trinajstić information content (AvgIpc) is 3.08. The van der Waals surface area contributed by atoms with Gasteiger partial charge in [0.15, 0.2) is 0 Å². The second kappa shape index (κ2) is 6.50. The fraction of sp³-hybridized carbons (Fsp3) is 0.250. The molecule has 1 aromatic carbocycles. The molecule has 0 radical (unpaired) electrons. The van der Waals surface area contributed by atoms with Gasteiger partial charge in [0.25, 0.3) is 0 Å². The van der Waals surface area contributed by atoms with Gasteiger partial charge in [0.2, 0.25) is 5.91 Å². The molecule has 0 N–H and O–H groups in total. The van der Waals surface area contributed by atoms with Crippen LogP contribution in [-0.4, -0.2) is 24.3 Å². The summed E-state index contributed by atoms with van der Waals surface area (Å²) in [5, 5.41) is 1.83. The number of alkyl halides is 1. The molecule has 0 bridgehead atoms. The molecule has 1 amide bonds. The summed E-state index contributed by atoms with van der Waals surface area (Å²) in [6, 6.07) is 8.89. The molecule has 2 heterocycles. The topological polar surface area (TPSA) is 46.6 Å². The molecule has 0 aliphatic carbocycles. The lowest BCUT2D eigenvalue weighted by Gasteiger charge is -2.29. The van der Waals surface area contributed by atoms with E-state index < -0.39 is 0 Å². The molecule has 4 nitrogen and oxygen atoms in total. The number of carbonyl (C=O) groups is 2. The van der Waals surface area contributed by atoms with E-state index in [1.807, 2.05) is 23.6 Å². The van der Waals surface area contributed by atoms with Crippen LogP contribution in [0.1, 0.15) is 21.7 Å². The number of esters is 1. The van der Waals surface area contributed by atoms with Crippen molar-refractivity contribution in [3.63, 3.8) is 0 Å². The summed E-state index contributed by atoms with van der Waals surface area (Å²) in [7, 11) is 0. The number of nitrogens with zero attached hydrogens (tertiary/aromatic N) is 1. The molecule has 0 saturated heterocycles. The Morgan fingerprint density at radius 3 is 2.91 bits per heavy atom. The highest BCUT2D eigenvalue weighted by molar-refractivity contribution is 7.12. The van der Waals surface area contributed by atoms with Crippen LogP contribution in [0.5, 0.6) is 5.75 Å². The summed E-state index contributed by atoms with van der Waals surface area (Å²) in [5.41, 5.74) is 1.86. The second-order valence-electron chi connectivity index (χ2n) is 4.94. The van der Waals surface area contributed by atoms with E-state index >= 15 is 0 Å². The Morgan fingerprint density at radius 1 is 1.32 bits per heavy atom. The van der Waals surface area contributed by atoms with E-state index in [1.165, 1.54) is 11.3 Å². The van der Waals surface area contributed by atoms with Crippen LogP contribution < -0.4 is 9.64 Å². The van der Waals surface area contributed by atoms with Crippen LogP contribution in [0.25, 0.3) is 0 Å². The van der Waals surface area contributed by atoms with Crippen LogP contribution in [0.2, 0.25) is 0 Å². The largest absolute Gasteiger partial charge is 0.422 e. The number of anilines is 1. The summed E-state index contributed by atoms with van der Waals surface area (Å²) in [4.78, 5) is 26.1. The fourth-order valence-electron chi connectivity index (χ4n) is 2.52. The summed E-state index contributed by atoms with van der Waals surface area (Å²) in [6.45, 7) is 0.673. The van der Waals surface area contributed by atoms with Crippen molar-refractivity contribution in [3.05, 3.63) is 46.2 Å². The van der Waals surface area contributed by atoms with E-state index in [2.05, 4.69) is 0 Å². The van der Waals surface area contributed by atoms with Gasteiger partial charge in [0.05, 0.1) is 0 Å². The highest BCUT2D eigenvalue weighted by Gasteiger charge is 2.22. The van der Waals surface area contributed by atoms with Crippen molar-refractivity contribution in [2.75, 3.05) is 17.3 Å². The maximum absolute atomic E-state index is 12.0. The summed E-state index contributed by atoms with van der Waals surface area (Å²) >= 11 is 6.99. The molecule has 1 aromatic heterocycles. The van der Waals surface area contributed by atoms with E-state index in [9.17, 15) is 9.59 Å². The number of carbonyl (C=O) groups excluding carboxylic acids is 2. The molecule has 1 aliphatic heterocycles. The average molecular weight is 336 g/mol. The fourth-order valence-corrected chi connectivity index (χ4v) is 3.26. The smallest absolute Gasteiger partial charge is 0.353 e. The van der Waals surface area contributed by atoms with Crippen molar-refractivity contribution < 1.29 is 14.3 Å². The molecular formula is C16H14ClNO3S. The van der Waals surface area contributed by atoms with Gasteiger partial charge in [0, 0.05) is 12.2 Å². The predicted molar refractivity (Wildman–Crippen MR) is 87.1 cm³/mol. The van der Waals surface area contributed by atoms with Gasteiger partial charge in [-0.3, -0.25) is 4.79 Å². The van der Waals surface area contributed by atoms with Gasteiger partial charge in [-0.25, -0.2) is 4.79 Å². The number of amides is 1. The number of ether oxygens (including phenoxy) is 1. The number of thiophene rings is 1. The molecule has 0 spiro atoms. The van der Waals surface area contributed by atoms with Gasteiger partial charge < -0.3 is 9.64 Å². The Hall–Kier alpha value is -1.85. The van der Waals surface area contributed by atoms with Crippen molar-refractivity contribution in [1.29, 1.82) is 0 Å². The van der Waals surface area contributed by atoms with Gasteiger partial charge in [-0.2, -0.15) is 0 Å². The third kappa shape index (κ3) is 3.00. The first kappa shape index (κ1) is 15.1. The molecule has 0 fully saturated rings. The summed E-state index contributed by atoms with van der Waals surface area (Å²) < 4.78 is 5.39. The molecule has 3 rings (SSSR count). The molecule has 6 heteroatoms. The molecule has 2 aromatic rings. The zero-order valence-electron chi connectivity index (χ0n) is 11.8. The van der Waals surface area contributed by atoms with Crippen molar-refractivity contribution in [2.24, 2.45) is 0 Å².